The van der Waals surface area contributed by atoms with Crippen molar-refractivity contribution < 1.29 is 24.5 Å². The number of amides is 1. The number of hydrogen-bond acceptors (Lipinski definition) is 6. The van der Waals surface area contributed by atoms with E-state index in [4.69, 9.17) is 4.74 Å². The van der Waals surface area contributed by atoms with Crippen LogP contribution in [0.2, 0.25) is 0 Å². The molecule has 0 radical (unpaired) electrons. The van der Waals surface area contributed by atoms with E-state index in [-0.39, 0.29) is 22.8 Å². The van der Waals surface area contributed by atoms with Crippen molar-refractivity contribution in [3.05, 3.63) is 89.3 Å². The van der Waals surface area contributed by atoms with E-state index in [9.17, 15) is 19.8 Å². The first-order valence-electron chi connectivity index (χ1n) is 9.58. The van der Waals surface area contributed by atoms with Gasteiger partial charge < -0.3 is 14.9 Å². The Morgan fingerprint density at radius 1 is 1.10 bits per heavy atom. The van der Waals surface area contributed by atoms with Gasteiger partial charge in [0, 0.05) is 12.4 Å². The lowest BCUT2D eigenvalue weighted by molar-refractivity contribution is -0.132. The molecule has 2 N–H and O–H groups in total. The van der Waals surface area contributed by atoms with E-state index in [2.05, 4.69) is 4.98 Å². The molecule has 0 spiro atoms. The second-order valence-corrected chi connectivity index (χ2v) is 7.15. The number of aryl methyl sites for hydroxylation is 1. The molecule has 1 atom stereocenters. The maximum atomic E-state index is 13.1. The Morgan fingerprint density at radius 2 is 1.87 bits per heavy atom. The molecule has 1 aliphatic rings. The highest BCUT2D eigenvalue weighted by Gasteiger charge is 2.48. The molecule has 0 saturated carbocycles. The van der Waals surface area contributed by atoms with Crippen molar-refractivity contribution in [2.24, 2.45) is 0 Å². The van der Waals surface area contributed by atoms with Gasteiger partial charge in [-0.25, -0.2) is 0 Å². The van der Waals surface area contributed by atoms with E-state index < -0.39 is 17.7 Å². The molecular weight excluding hydrogens is 396 g/mol. The Hall–Kier alpha value is -4.13. The van der Waals surface area contributed by atoms with Gasteiger partial charge >= 0.3 is 0 Å². The first-order chi connectivity index (χ1) is 14.9. The van der Waals surface area contributed by atoms with Crippen LogP contribution < -0.4 is 9.64 Å². The Morgan fingerprint density at radius 3 is 2.55 bits per heavy atom. The summed E-state index contributed by atoms with van der Waals surface area (Å²) in [6.45, 7) is 1.84. The van der Waals surface area contributed by atoms with Gasteiger partial charge in [-0.1, -0.05) is 29.8 Å². The van der Waals surface area contributed by atoms with E-state index in [0.717, 1.165) is 5.56 Å². The zero-order chi connectivity index (χ0) is 22.1. The summed E-state index contributed by atoms with van der Waals surface area (Å²) in [5, 5.41) is 21.6. The monoisotopic (exact) mass is 416 g/mol. The zero-order valence-electron chi connectivity index (χ0n) is 16.9. The molecule has 4 rings (SSSR count). The predicted octanol–water partition coefficient (Wildman–Crippen LogP) is 3.73. The SMILES string of the molecule is COc1ccc(C)cc1/C(O)=C1\C(=O)C(=O)N(c2ccccc2O)C1c1cccnc1. The maximum absolute atomic E-state index is 13.1. The number of hydrogen-bond donors (Lipinski definition) is 2. The van der Waals surface area contributed by atoms with Gasteiger partial charge in [0.1, 0.15) is 17.3 Å². The van der Waals surface area contributed by atoms with Crippen molar-refractivity contribution in [2.75, 3.05) is 12.0 Å². The molecule has 156 valence electrons. The number of methoxy groups -OCH3 is 1. The number of aliphatic hydroxyl groups excluding tert-OH is 1. The highest BCUT2D eigenvalue weighted by molar-refractivity contribution is 6.52. The van der Waals surface area contributed by atoms with E-state index in [1.165, 1.54) is 30.3 Å². The second-order valence-electron chi connectivity index (χ2n) is 7.15. The van der Waals surface area contributed by atoms with E-state index in [0.29, 0.717) is 16.9 Å². The fraction of sp³-hybridized carbons (Fsp3) is 0.125. The quantitative estimate of drug-likeness (QED) is 0.382. The van der Waals surface area contributed by atoms with Crippen LogP contribution in [0.4, 0.5) is 5.69 Å². The molecule has 2 heterocycles. The summed E-state index contributed by atoms with van der Waals surface area (Å²) in [6, 6.07) is 13.8. The van der Waals surface area contributed by atoms with Crippen LogP contribution in [-0.4, -0.2) is 34.0 Å². The third-order valence-electron chi connectivity index (χ3n) is 5.20. The molecule has 2 aromatic carbocycles. The number of phenolic OH excluding ortho intramolecular Hbond substituents is 1. The number of ether oxygens (including phenoxy) is 1. The Bertz CT molecular complexity index is 1200. The summed E-state index contributed by atoms with van der Waals surface area (Å²) in [6.07, 6.45) is 3.09. The molecule has 1 aromatic heterocycles. The summed E-state index contributed by atoms with van der Waals surface area (Å²) in [5.74, 6) is -1.87. The fourth-order valence-corrected chi connectivity index (χ4v) is 3.75. The largest absolute Gasteiger partial charge is 0.507 e. The maximum Gasteiger partial charge on any atom is 0.300 e. The third-order valence-corrected chi connectivity index (χ3v) is 5.20. The normalized spacial score (nSPS) is 17.7. The molecule has 31 heavy (non-hydrogen) atoms. The Balaban J connectivity index is 2.00. The van der Waals surface area contributed by atoms with Crippen molar-refractivity contribution in [1.29, 1.82) is 0 Å². The number of rotatable bonds is 4. The second kappa shape index (κ2) is 7.95. The van der Waals surface area contributed by atoms with Gasteiger partial charge in [-0.05, 0) is 42.8 Å². The molecule has 1 saturated heterocycles. The zero-order valence-corrected chi connectivity index (χ0v) is 16.9. The van der Waals surface area contributed by atoms with Crippen LogP contribution in [0.1, 0.15) is 22.7 Å². The molecule has 1 amide bonds. The lowest BCUT2D eigenvalue weighted by atomic mass is 9.95. The van der Waals surface area contributed by atoms with Crippen LogP contribution in [0, 0.1) is 6.92 Å². The number of carbonyl (C=O) groups is 2. The van der Waals surface area contributed by atoms with Gasteiger partial charge in [0.25, 0.3) is 11.7 Å². The third kappa shape index (κ3) is 3.40. The summed E-state index contributed by atoms with van der Waals surface area (Å²) in [5.41, 5.74) is 1.71. The fourth-order valence-electron chi connectivity index (χ4n) is 3.75. The van der Waals surface area contributed by atoms with Gasteiger partial charge in [0.2, 0.25) is 0 Å². The minimum absolute atomic E-state index is 0.106. The molecule has 0 aliphatic carbocycles. The van der Waals surface area contributed by atoms with Gasteiger partial charge in [-0.2, -0.15) is 0 Å². The molecule has 7 heteroatoms. The van der Waals surface area contributed by atoms with Crippen LogP contribution in [0.25, 0.3) is 5.76 Å². The number of aromatic hydroxyl groups is 1. The topological polar surface area (TPSA) is 100.0 Å². The van der Waals surface area contributed by atoms with E-state index in [1.54, 1.807) is 42.6 Å². The standard InChI is InChI=1S/C24H20N2O5/c1-14-9-10-19(31-2)16(12-14)22(28)20-21(15-6-5-11-25-13-15)26(24(30)23(20)29)17-7-3-4-8-18(17)27/h3-13,21,27-28H,1-2H3/b22-20+. The van der Waals surface area contributed by atoms with Gasteiger partial charge in [-0.3, -0.25) is 19.5 Å². The molecule has 1 unspecified atom stereocenters. The minimum atomic E-state index is -0.979. The van der Waals surface area contributed by atoms with Crippen LogP contribution in [-0.2, 0) is 9.59 Å². The smallest absolute Gasteiger partial charge is 0.300 e. The summed E-state index contributed by atoms with van der Waals surface area (Å²) >= 11 is 0. The average Bonchev–Trinajstić information content (AvgIpc) is 3.05. The number of nitrogens with zero attached hydrogens (tertiary/aromatic N) is 2. The molecule has 1 fully saturated rings. The van der Waals surface area contributed by atoms with Crippen LogP contribution >= 0.6 is 0 Å². The predicted molar refractivity (Wildman–Crippen MR) is 115 cm³/mol. The number of aromatic nitrogens is 1. The number of aliphatic hydroxyl groups is 1. The first-order valence-corrected chi connectivity index (χ1v) is 9.58. The highest BCUT2D eigenvalue weighted by Crippen LogP contribution is 2.45. The Labute approximate surface area is 178 Å². The molecular formula is C24H20N2O5. The lowest BCUT2D eigenvalue weighted by Gasteiger charge is -2.25. The first kappa shape index (κ1) is 20.2. The molecule has 7 nitrogen and oxygen atoms in total. The number of Topliss-reactive ketones (excluding diaryl/α,β-unsaturated/α-hetero) is 1. The lowest BCUT2D eigenvalue weighted by Crippen LogP contribution is -2.29. The van der Waals surface area contributed by atoms with E-state index in [1.807, 2.05) is 13.0 Å². The number of anilines is 1. The van der Waals surface area contributed by atoms with Crippen LogP contribution in [0.5, 0.6) is 11.5 Å². The number of pyridine rings is 1. The van der Waals surface area contributed by atoms with Gasteiger partial charge in [0.15, 0.2) is 0 Å². The highest BCUT2D eigenvalue weighted by atomic mass is 16.5. The van der Waals surface area contributed by atoms with Crippen LogP contribution in [0.15, 0.2) is 72.6 Å². The summed E-state index contributed by atoms with van der Waals surface area (Å²) in [7, 11) is 1.46. The number of carbonyl (C=O) groups excluding carboxylic acids is 2. The van der Waals surface area contributed by atoms with Gasteiger partial charge in [-0.15, -0.1) is 0 Å². The van der Waals surface area contributed by atoms with Crippen molar-refractivity contribution in [3.8, 4) is 11.5 Å². The van der Waals surface area contributed by atoms with Gasteiger partial charge in [0.05, 0.1) is 30.0 Å². The number of ketones is 1. The number of para-hydroxylation sites is 2. The van der Waals surface area contributed by atoms with E-state index >= 15 is 0 Å². The number of phenols is 1. The van der Waals surface area contributed by atoms with Crippen molar-refractivity contribution in [3.63, 3.8) is 0 Å². The van der Waals surface area contributed by atoms with Crippen molar-refractivity contribution in [2.45, 2.75) is 13.0 Å². The Kier molecular flexibility index (Phi) is 5.17. The number of benzene rings is 2. The average molecular weight is 416 g/mol. The minimum Gasteiger partial charge on any atom is -0.507 e. The van der Waals surface area contributed by atoms with Crippen molar-refractivity contribution in [1.82, 2.24) is 4.98 Å². The molecule has 3 aromatic rings. The molecule has 0 bridgehead atoms. The van der Waals surface area contributed by atoms with Crippen LogP contribution in [0.3, 0.4) is 0 Å². The van der Waals surface area contributed by atoms with Crippen molar-refractivity contribution >= 4 is 23.1 Å². The summed E-state index contributed by atoms with van der Waals surface area (Å²) < 4.78 is 5.36. The summed E-state index contributed by atoms with van der Waals surface area (Å²) in [4.78, 5) is 31.5. The molecule has 1 aliphatic heterocycles.